The molecule has 0 saturated heterocycles. The second-order valence-electron chi connectivity index (χ2n) is 6.09. The molecule has 0 aliphatic heterocycles. The number of hydrogen-bond donors (Lipinski definition) is 0. The van der Waals surface area contributed by atoms with Crippen LogP contribution in [0.4, 0.5) is 4.39 Å². The molecule has 0 atom stereocenters. The lowest BCUT2D eigenvalue weighted by Gasteiger charge is -2.14. The van der Waals surface area contributed by atoms with Crippen molar-refractivity contribution >= 4 is 40.5 Å². The molecule has 8 heteroatoms. The zero-order valence-electron chi connectivity index (χ0n) is 15.3. The molecule has 0 radical (unpaired) electrons. The fourth-order valence-electron chi connectivity index (χ4n) is 2.66. The standard InChI is InChI=1S/C21H16Cl3FN2O2/c1-2-10-29-26-20(15-8-7-14(25)11-18(15)24)13-6-9-19(28)27(12-13)21-16(22)4-3-5-17(21)23/h3-9,11-12H,2,10H2,1H3. The summed E-state index contributed by atoms with van der Waals surface area (Å²) in [6.45, 7) is 2.33. The van der Waals surface area contributed by atoms with Crippen LogP contribution < -0.4 is 5.56 Å². The Morgan fingerprint density at radius 1 is 1.07 bits per heavy atom. The van der Waals surface area contributed by atoms with E-state index in [2.05, 4.69) is 5.16 Å². The van der Waals surface area contributed by atoms with E-state index in [1.807, 2.05) is 6.92 Å². The van der Waals surface area contributed by atoms with Crippen LogP contribution in [-0.4, -0.2) is 16.9 Å². The van der Waals surface area contributed by atoms with Crippen molar-refractivity contribution in [3.63, 3.8) is 0 Å². The second kappa shape index (κ2) is 9.44. The van der Waals surface area contributed by atoms with Crippen molar-refractivity contribution < 1.29 is 9.23 Å². The molecule has 3 rings (SSSR count). The molecular formula is C21H16Cl3FN2O2. The zero-order valence-corrected chi connectivity index (χ0v) is 17.6. The monoisotopic (exact) mass is 452 g/mol. The SMILES string of the molecule is CCCON=C(c1ccc(=O)n(-c2c(Cl)cccc2Cl)c1)c1ccc(F)cc1Cl. The number of nitrogens with zero attached hydrogens (tertiary/aromatic N) is 2. The first kappa shape index (κ1) is 21.4. The Bertz CT molecular complexity index is 1110. The van der Waals surface area contributed by atoms with Gasteiger partial charge in [-0.05, 0) is 42.8 Å². The fraction of sp³-hybridized carbons (Fsp3) is 0.143. The summed E-state index contributed by atoms with van der Waals surface area (Å²) in [5.74, 6) is -0.472. The van der Waals surface area contributed by atoms with Crippen LogP contribution in [0, 0.1) is 5.82 Å². The first-order valence-corrected chi connectivity index (χ1v) is 9.88. The molecule has 0 aliphatic rings. The van der Waals surface area contributed by atoms with Crippen LogP contribution in [-0.2, 0) is 4.84 Å². The summed E-state index contributed by atoms with van der Waals surface area (Å²) in [5.41, 5.74) is 1.34. The summed E-state index contributed by atoms with van der Waals surface area (Å²) in [6, 6.07) is 11.9. The number of halogens is 4. The number of rotatable bonds is 6. The van der Waals surface area contributed by atoms with Gasteiger partial charge in [0.05, 0.1) is 20.8 Å². The Morgan fingerprint density at radius 3 is 2.45 bits per heavy atom. The Balaban J connectivity index is 2.19. The molecule has 0 N–H and O–H groups in total. The minimum atomic E-state index is -0.472. The highest BCUT2D eigenvalue weighted by molar-refractivity contribution is 6.38. The van der Waals surface area contributed by atoms with Gasteiger partial charge in [0.2, 0.25) is 0 Å². The minimum Gasteiger partial charge on any atom is -0.395 e. The molecule has 0 aliphatic carbocycles. The lowest BCUT2D eigenvalue weighted by Crippen LogP contribution is -2.20. The quantitative estimate of drug-likeness (QED) is 0.256. The third kappa shape index (κ3) is 4.81. The molecule has 0 amide bonds. The Labute approximate surface area is 182 Å². The predicted molar refractivity (Wildman–Crippen MR) is 115 cm³/mol. The van der Waals surface area contributed by atoms with E-state index in [1.165, 1.54) is 28.8 Å². The third-order valence-corrected chi connectivity index (χ3v) is 4.92. The maximum atomic E-state index is 13.5. The first-order valence-electron chi connectivity index (χ1n) is 8.75. The lowest BCUT2D eigenvalue weighted by atomic mass is 10.0. The van der Waals surface area contributed by atoms with Gasteiger partial charge in [0, 0.05) is 23.4 Å². The minimum absolute atomic E-state index is 0.164. The van der Waals surface area contributed by atoms with Crippen LogP contribution in [0.2, 0.25) is 15.1 Å². The average Bonchev–Trinajstić information content (AvgIpc) is 2.67. The summed E-state index contributed by atoms with van der Waals surface area (Å²) in [7, 11) is 0. The molecule has 0 saturated carbocycles. The molecule has 0 bridgehead atoms. The largest absolute Gasteiger partial charge is 0.395 e. The van der Waals surface area contributed by atoms with Gasteiger partial charge in [-0.25, -0.2) is 4.39 Å². The van der Waals surface area contributed by atoms with Crippen molar-refractivity contribution in [1.29, 1.82) is 0 Å². The molecule has 150 valence electrons. The van der Waals surface area contributed by atoms with E-state index in [0.717, 1.165) is 6.42 Å². The van der Waals surface area contributed by atoms with Gasteiger partial charge in [-0.15, -0.1) is 0 Å². The van der Waals surface area contributed by atoms with Crippen LogP contribution in [0.1, 0.15) is 24.5 Å². The zero-order chi connectivity index (χ0) is 21.0. The highest BCUT2D eigenvalue weighted by Gasteiger charge is 2.16. The maximum absolute atomic E-state index is 13.5. The van der Waals surface area contributed by atoms with Gasteiger partial charge < -0.3 is 4.84 Å². The van der Waals surface area contributed by atoms with Gasteiger partial charge in [-0.3, -0.25) is 9.36 Å². The lowest BCUT2D eigenvalue weighted by molar-refractivity contribution is 0.145. The topological polar surface area (TPSA) is 43.6 Å². The Kier molecular flexibility index (Phi) is 6.96. The van der Waals surface area contributed by atoms with Crippen LogP contribution >= 0.6 is 34.8 Å². The van der Waals surface area contributed by atoms with E-state index in [1.54, 1.807) is 30.5 Å². The van der Waals surface area contributed by atoms with Crippen molar-refractivity contribution in [1.82, 2.24) is 4.57 Å². The van der Waals surface area contributed by atoms with Crippen molar-refractivity contribution in [3.8, 4) is 5.69 Å². The smallest absolute Gasteiger partial charge is 0.255 e. The van der Waals surface area contributed by atoms with Gasteiger partial charge in [0.25, 0.3) is 5.56 Å². The number of benzene rings is 2. The van der Waals surface area contributed by atoms with Crippen molar-refractivity contribution in [2.24, 2.45) is 5.16 Å². The number of para-hydroxylation sites is 1. The summed E-state index contributed by atoms with van der Waals surface area (Å²) in [4.78, 5) is 17.9. The molecule has 2 aromatic carbocycles. The summed E-state index contributed by atoms with van der Waals surface area (Å²) < 4.78 is 14.8. The predicted octanol–water partition coefficient (Wildman–Crippen LogP) is 6.12. The van der Waals surface area contributed by atoms with Gasteiger partial charge in [-0.2, -0.15) is 0 Å². The molecule has 0 fully saturated rings. The summed E-state index contributed by atoms with van der Waals surface area (Å²) in [6.07, 6.45) is 2.30. The van der Waals surface area contributed by atoms with Gasteiger partial charge in [-0.1, -0.05) is 52.9 Å². The molecule has 3 aromatic rings. The first-order chi connectivity index (χ1) is 13.9. The fourth-order valence-corrected chi connectivity index (χ4v) is 3.50. The number of pyridine rings is 1. The van der Waals surface area contributed by atoms with Crippen LogP contribution in [0.25, 0.3) is 5.69 Å². The van der Waals surface area contributed by atoms with E-state index in [0.29, 0.717) is 39.2 Å². The summed E-state index contributed by atoms with van der Waals surface area (Å²) in [5, 5.41) is 4.98. The maximum Gasteiger partial charge on any atom is 0.255 e. The van der Waals surface area contributed by atoms with Crippen molar-refractivity contribution in [2.75, 3.05) is 6.61 Å². The molecule has 1 aromatic heterocycles. The highest BCUT2D eigenvalue weighted by Crippen LogP contribution is 2.28. The van der Waals surface area contributed by atoms with Gasteiger partial charge >= 0.3 is 0 Å². The van der Waals surface area contributed by atoms with E-state index in [9.17, 15) is 9.18 Å². The average molecular weight is 454 g/mol. The molecular weight excluding hydrogens is 438 g/mol. The third-order valence-electron chi connectivity index (χ3n) is 4.00. The van der Waals surface area contributed by atoms with Crippen molar-refractivity contribution in [3.05, 3.63) is 97.1 Å². The number of oxime groups is 1. The normalized spacial score (nSPS) is 11.6. The van der Waals surface area contributed by atoms with E-state index in [-0.39, 0.29) is 10.6 Å². The summed E-state index contributed by atoms with van der Waals surface area (Å²) >= 11 is 18.8. The second-order valence-corrected chi connectivity index (χ2v) is 7.32. The van der Waals surface area contributed by atoms with E-state index < -0.39 is 5.82 Å². The molecule has 0 unspecified atom stereocenters. The van der Waals surface area contributed by atoms with Crippen molar-refractivity contribution in [2.45, 2.75) is 13.3 Å². The van der Waals surface area contributed by atoms with E-state index in [4.69, 9.17) is 39.6 Å². The molecule has 0 spiro atoms. The molecule has 1 heterocycles. The Morgan fingerprint density at radius 2 is 1.79 bits per heavy atom. The van der Waals surface area contributed by atoms with Gasteiger partial charge in [0.15, 0.2) is 0 Å². The van der Waals surface area contributed by atoms with E-state index >= 15 is 0 Å². The molecule has 4 nitrogen and oxygen atoms in total. The van der Waals surface area contributed by atoms with Crippen LogP contribution in [0.3, 0.4) is 0 Å². The number of hydrogen-bond acceptors (Lipinski definition) is 3. The van der Waals surface area contributed by atoms with Gasteiger partial charge in [0.1, 0.15) is 18.1 Å². The van der Waals surface area contributed by atoms with Crippen LogP contribution in [0.15, 0.2) is 64.7 Å². The molecule has 29 heavy (non-hydrogen) atoms. The Hall–Kier alpha value is -2.34. The number of aromatic nitrogens is 1. The highest BCUT2D eigenvalue weighted by atomic mass is 35.5. The van der Waals surface area contributed by atoms with Crippen LogP contribution in [0.5, 0.6) is 0 Å².